The van der Waals surface area contributed by atoms with E-state index in [0.717, 1.165) is 57.4 Å². The van der Waals surface area contributed by atoms with Crippen LogP contribution in [0, 0.1) is 0 Å². The maximum atomic E-state index is 12.2. The van der Waals surface area contributed by atoms with Crippen LogP contribution in [0.1, 0.15) is 51.5 Å². The van der Waals surface area contributed by atoms with Crippen LogP contribution in [0.2, 0.25) is 0 Å². The average molecular weight is 402 g/mol. The fourth-order valence-corrected chi connectivity index (χ4v) is 3.31. The minimum atomic E-state index is -0.148. The first-order valence-electron chi connectivity index (χ1n) is 10.8. The minimum absolute atomic E-state index is 0.0519. The highest BCUT2D eigenvalue weighted by Gasteiger charge is 2.15. The van der Waals surface area contributed by atoms with Crippen LogP contribution in [-0.2, 0) is 16.0 Å². The van der Waals surface area contributed by atoms with E-state index in [1.807, 2.05) is 36.1 Å². The first-order chi connectivity index (χ1) is 14.1. The number of guanidine groups is 1. The molecule has 0 bridgehead atoms. The molecule has 1 aromatic carbocycles. The monoisotopic (exact) mass is 401 g/mol. The summed E-state index contributed by atoms with van der Waals surface area (Å²) in [5.41, 5.74) is 1.98. The van der Waals surface area contributed by atoms with Gasteiger partial charge >= 0.3 is 0 Å². The number of nitrogens with one attached hydrogen (secondary N) is 3. The predicted octanol–water partition coefficient (Wildman–Crippen LogP) is 2.54. The molecule has 0 unspecified atom stereocenters. The van der Waals surface area contributed by atoms with Gasteiger partial charge in [0.1, 0.15) is 6.54 Å². The number of rotatable bonds is 9. The molecule has 160 valence electrons. The highest BCUT2D eigenvalue weighted by molar-refractivity contribution is 5.94. The molecule has 0 radical (unpaired) electrons. The summed E-state index contributed by atoms with van der Waals surface area (Å²) in [6.07, 6.45) is 5.71. The fraction of sp³-hybridized carbons (Fsp3) is 0.591. The summed E-state index contributed by atoms with van der Waals surface area (Å²) in [7, 11) is 0. The molecule has 1 saturated heterocycles. The van der Waals surface area contributed by atoms with Crippen molar-refractivity contribution in [2.45, 2.75) is 52.4 Å². The van der Waals surface area contributed by atoms with E-state index < -0.39 is 0 Å². The molecular weight excluding hydrogens is 366 g/mol. The van der Waals surface area contributed by atoms with Crippen LogP contribution in [0.4, 0.5) is 5.69 Å². The molecule has 3 N–H and O–H groups in total. The van der Waals surface area contributed by atoms with E-state index in [2.05, 4.69) is 27.9 Å². The molecule has 1 aromatic rings. The minimum Gasteiger partial charge on any atom is -0.357 e. The van der Waals surface area contributed by atoms with Crippen molar-refractivity contribution in [2.24, 2.45) is 4.99 Å². The van der Waals surface area contributed by atoms with Gasteiger partial charge < -0.3 is 20.9 Å². The molecule has 0 aliphatic carbocycles. The topological polar surface area (TPSA) is 85.8 Å². The van der Waals surface area contributed by atoms with Gasteiger partial charge in [0.25, 0.3) is 0 Å². The Morgan fingerprint density at radius 1 is 1.17 bits per heavy atom. The second-order valence-electron chi connectivity index (χ2n) is 7.27. The second kappa shape index (κ2) is 12.8. The van der Waals surface area contributed by atoms with Crippen LogP contribution in [0.3, 0.4) is 0 Å². The number of benzene rings is 1. The number of carbonyl (C=O) groups is 2. The molecule has 7 heteroatoms. The quantitative estimate of drug-likeness (QED) is 0.337. The number of hydrogen-bond donors (Lipinski definition) is 3. The molecule has 1 aliphatic heterocycles. The van der Waals surface area contributed by atoms with Gasteiger partial charge in [-0.3, -0.25) is 9.59 Å². The highest BCUT2D eigenvalue weighted by Crippen LogP contribution is 2.12. The lowest BCUT2D eigenvalue weighted by Gasteiger charge is -2.20. The third kappa shape index (κ3) is 8.54. The Bertz CT molecular complexity index is 690. The number of hydrogen-bond acceptors (Lipinski definition) is 3. The van der Waals surface area contributed by atoms with Crippen molar-refractivity contribution in [3.05, 3.63) is 29.8 Å². The highest BCUT2D eigenvalue weighted by atomic mass is 16.2. The molecule has 0 saturated carbocycles. The predicted molar refractivity (Wildman–Crippen MR) is 118 cm³/mol. The number of nitrogens with zero attached hydrogens (tertiary/aromatic N) is 2. The van der Waals surface area contributed by atoms with Gasteiger partial charge in [-0.25, -0.2) is 4.99 Å². The maximum Gasteiger partial charge on any atom is 0.246 e. The molecule has 0 aromatic heterocycles. The van der Waals surface area contributed by atoms with E-state index in [9.17, 15) is 9.59 Å². The lowest BCUT2D eigenvalue weighted by Crippen LogP contribution is -2.40. The lowest BCUT2D eigenvalue weighted by molar-refractivity contribution is -0.130. The molecule has 2 rings (SSSR count). The molecule has 1 aliphatic rings. The maximum absolute atomic E-state index is 12.2. The standard InChI is InChI=1S/C22H35N5O2/c1-3-18-10-8-11-19(16-18)26-20(28)17-25-22(23-4-2)24-13-9-15-27-14-7-5-6-12-21(27)29/h8,10-11,16H,3-7,9,12-15,17H2,1-2H3,(H,26,28)(H2,23,24,25). The lowest BCUT2D eigenvalue weighted by atomic mass is 10.1. The van der Waals surface area contributed by atoms with Gasteiger partial charge in [0.15, 0.2) is 5.96 Å². The summed E-state index contributed by atoms with van der Waals surface area (Å²) in [6, 6.07) is 7.85. The molecule has 0 spiro atoms. The summed E-state index contributed by atoms with van der Waals surface area (Å²) >= 11 is 0. The van der Waals surface area contributed by atoms with Gasteiger partial charge in [0, 0.05) is 38.3 Å². The van der Waals surface area contributed by atoms with Crippen molar-refractivity contribution < 1.29 is 9.59 Å². The van der Waals surface area contributed by atoms with Crippen molar-refractivity contribution >= 4 is 23.5 Å². The van der Waals surface area contributed by atoms with Crippen molar-refractivity contribution in [1.82, 2.24) is 15.5 Å². The molecule has 2 amide bonds. The summed E-state index contributed by atoms with van der Waals surface area (Å²) < 4.78 is 0. The molecule has 29 heavy (non-hydrogen) atoms. The van der Waals surface area contributed by atoms with E-state index in [1.54, 1.807) is 0 Å². The summed E-state index contributed by atoms with van der Waals surface area (Å²) in [6.45, 7) is 7.18. The zero-order valence-electron chi connectivity index (χ0n) is 17.8. The van der Waals surface area contributed by atoms with Crippen molar-refractivity contribution in [2.75, 3.05) is 38.0 Å². The number of likely N-dealkylation sites (tertiary alicyclic amines) is 1. The number of aliphatic imine (C=N–C) groups is 1. The Kier molecular flexibility index (Phi) is 10.0. The third-order valence-corrected chi connectivity index (χ3v) is 4.91. The van der Waals surface area contributed by atoms with Gasteiger partial charge in [-0.05, 0) is 50.3 Å². The van der Waals surface area contributed by atoms with Crippen LogP contribution < -0.4 is 16.0 Å². The molecule has 1 fully saturated rings. The van der Waals surface area contributed by atoms with Crippen LogP contribution in [-0.4, -0.2) is 55.4 Å². The van der Waals surface area contributed by atoms with E-state index in [1.165, 1.54) is 5.56 Å². The van der Waals surface area contributed by atoms with E-state index in [4.69, 9.17) is 0 Å². The fourth-order valence-electron chi connectivity index (χ4n) is 3.31. The zero-order chi connectivity index (χ0) is 20.9. The van der Waals surface area contributed by atoms with Gasteiger partial charge in [0.2, 0.25) is 11.8 Å². The smallest absolute Gasteiger partial charge is 0.246 e. The number of aryl methyl sites for hydroxylation is 1. The van der Waals surface area contributed by atoms with E-state index in [0.29, 0.717) is 18.9 Å². The van der Waals surface area contributed by atoms with Gasteiger partial charge in [-0.15, -0.1) is 0 Å². The summed E-state index contributed by atoms with van der Waals surface area (Å²) in [5.74, 6) is 0.740. The van der Waals surface area contributed by atoms with Crippen LogP contribution in [0.15, 0.2) is 29.3 Å². The van der Waals surface area contributed by atoms with Crippen molar-refractivity contribution in [3.63, 3.8) is 0 Å². The Hall–Kier alpha value is -2.57. The van der Waals surface area contributed by atoms with Crippen LogP contribution in [0.5, 0.6) is 0 Å². The third-order valence-electron chi connectivity index (χ3n) is 4.91. The molecule has 1 heterocycles. The molecule has 0 atom stereocenters. The van der Waals surface area contributed by atoms with Crippen LogP contribution >= 0.6 is 0 Å². The molecule has 7 nitrogen and oxygen atoms in total. The first kappa shape index (κ1) is 22.7. The van der Waals surface area contributed by atoms with Gasteiger partial charge in [-0.1, -0.05) is 25.5 Å². The van der Waals surface area contributed by atoms with Gasteiger partial charge in [-0.2, -0.15) is 0 Å². The Morgan fingerprint density at radius 3 is 2.83 bits per heavy atom. The number of anilines is 1. The molecular formula is C22H35N5O2. The average Bonchev–Trinajstić information content (AvgIpc) is 2.93. The SMILES string of the molecule is CCNC(=NCC(=O)Nc1cccc(CC)c1)NCCCN1CCCCCC1=O. The largest absolute Gasteiger partial charge is 0.357 e. The normalized spacial score (nSPS) is 15.0. The van der Waals surface area contributed by atoms with Crippen molar-refractivity contribution in [1.29, 1.82) is 0 Å². The summed E-state index contributed by atoms with van der Waals surface area (Å²) in [5, 5.41) is 9.29. The van der Waals surface area contributed by atoms with Crippen LogP contribution in [0.25, 0.3) is 0 Å². The summed E-state index contributed by atoms with van der Waals surface area (Å²) in [4.78, 5) is 30.6. The first-order valence-corrected chi connectivity index (χ1v) is 10.8. The zero-order valence-corrected chi connectivity index (χ0v) is 17.8. The van der Waals surface area contributed by atoms with E-state index in [-0.39, 0.29) is 18.4 Å². The second-order valence-corrected chi connectivity index (χ2v) is 7.27. The Morgan fingerprint density at radius 2 is 2.03 bits per heavy atom. The Labute approximate surface area is 174 Å². The Balaban J connectivity index is 1.76. The van der Waals surface area contributed by atoms with Crippen molar-refractivity contribution in [3.8, 4) is 0 Å². The number of carbonyl (C=O) groups excluding carboxylic acids is 2. The van der Waals surface area contributed by atoms with E-state index >= 15 is 0 Å². The number of amides is 2. The van der Waals surface area contributed by atoms with Gasteiger partial charge in [0.05, 0.1) is 0 Å².